The summed E-state index contributed by atoms with van der Waals surface area (Å²) < 4.78 is 1.08. The van der Waals surface area contributed by atoms with E-state index in [1.54, 1.807) is 0 Å². The molecule has 0 spiro atoms. The zero-order valence-corrected chi connectivity index (χ0v) is 11.9. The molecule has 1 aromatic rings. The highest BCUT2D eigenvalue weighted by molar-refractivity contribution is 9.10. The van der Waals surface area contributed by atoms with Gasteiger partial charge in [-0.05, 0) is 30.5 Å². The van der Waals surface area contributed by atoms with Crippen molar-refractivity contribution in [2.75, 3.05) is 6.54 Å². The average molecular weight is 296 g/mol. The van der Waals surface area contributed by atoms with E-state index >= 15 is 0 Å². The lowest BCUT2D eigenvalue weighted by molar-refractivity contribution is -0.135. The first kappa shape index (κ1) is 12.6. The van der Waals surface area contributed by atoms with Crippen LogP contribution in [0, 0.1) is 5.92 Å². The summed E-state index contributed by atoms with van der Waals surface area (Å²) in [7, 11) is 0. The van der Waals surface area contributed by atoms with Crippen LogP contribution < -0.4 is 0 Å². The Kier molecular flexibility index (Phi) is 3.87. The third-order valence-electron chi connectivity index (χ3n) is 3.26. The van der Waals surface area contributed by atoms with Crippen molar-refractivity contribution < 1.29 is 4.79 Å². The summed E-state index contributed by atoms with van der Waals surface area (Å²) >= 11 is 3.49. The lowest BCUT2D eigenvalue weighted by Crippen LogP contribution is -2.33. The van der Waals surface area contributed by atoms with Crippen molar-refractivity contribution in [2.24, 2.45) is 5.92 Å². The van der Waals surface area contributed by atoms with E-state index in [0.29, 0.717) is 0 Å². The van der Waals surface area contributed by atoms with Gasteiger partial charge in [0.25, 0.3) is 0 Å². The molecular weight excluding hydrogens is 278 g/mol. The Labute approximate surface area is 111 Å². The van der Waals surface area contributed by atoms with Gasteiger partial charge >= 0.3 is 0 Å². The second-order valence-electron chi connectivity index (χ2n) is 4.90. The number of hydrogen-bond donors (Lipinski definition) is 0. The molecule has 1 atom stereocenters. The highest BCUT2D eigenvalue weighted by Gasteiger charge is 2.30. The summed E-state index contributed by atoms with van der Waals surface area (Å²) in [5, 5.41) is 0. The SMILES string of the molecule is CC(C)C(=O)N1CCCC1c1cccc(Br)c1. The predicted octanol–water partition coefficient (Wildman–Crippen LogP) is 3.77. The normalized spacial score (nSPS) is 20.0. The summed E-state index contributed by atoms with van der Waals surface area (Å²) in [6.45, 7) is 4.84. The molecule has 1 aliphatic heterocycles. The van der Waals surface area contributed by atoms with Crippen LogP contribution in [0.15, 0.2) is 28.7 Å². The van der Waals surface area contributed by atoms with Crippen molar-refractivity contribution in [2.45, 2.75) is 32.7 Å². The van der Waals surface area contributed by atoms with Gasteiger partial charge in [-0.3, -0.25) is 4.79 Å². The molecule has 2 rings (SSSR count). The molecule has 1 aliphatic rings. The number of amides is 1. The second kappa shape index (κ2) is 5.21. The molecule has 1 heterocycles. The minimum absolute atomic E-state index is 0.0859. The van der Waals surface area contributed by atoms with Crippen molar-refractivity contribution in [1.29, 1.82) is 0 Å². The largest absolute Gasteiger partial charge is 0.335 e. The molecule has 17 heavy (non-hydrogen) atoms. The number of carbonyl (C=O) groups excluding carboxylic acids is 1. The summed E-state index contributed by atoms with van der Waals surface area (Å²) in [4.78, 5) is 14.2. The van der Waals surface area contributed by atoms with E-state index in [4.69, 9.17) is 0 Å². The molecule has 0 N–H and O–H groups in total. The van der Waals surface area contributed by atoms with Gasteiger partial charge in [-0.25, -0.2) is 0 Å². The first-order chi connectivity index (χ1) is 8.09. The molecule has 1 amide bonds. The molecule has 0 aromatic heterocycles. The molecule has 2 nitrogen and oxygen atoms in total. The fourth-order valence-electron chi connectivity index (χ4n) is 2.42. The standard InChI is InChI=1S/C14H18BrNO/c1-10(2)14(17)16-8-4-7-13(16)11-5-3-6-12(15)9-11/h3,5-6,9-10,13H,4,7-8H2,1-2H3. The minimum atomic E-state index is 0.0859. The number of carbonyl (C=O) groups is 1. The Balaban J connectivity index is 2.23. The van der Waals surface area contributed by atoms with Crippen LogP contribution in [-0.2, 0) is 4.79 Å². The first-order valence-corrected chi connectivity index (χ1v) is 6.95. The fraction of sp³-hybridized carbons (Fsp3) is 0.500. The van der Waals surface area contributed by atoms with Gasteiger partial charge in [0, 0.05) is 16.9 Å². The molecule has 0 saturated carbocycles. The van der Waals surface area contributed by atoms with Crippen LogP contribution in [0.25, 0.3) is 0 Å². The molecule has 1 fully saturated rings. The summed E-state index contributed by atoms with van der Waals surface area (Å²) in [5.41, 5.74) is 1.24. The number of halogens is 1. The van der Waals surface area contributed by atoms with E-state index in [1.165, 1.54) is 5.56 Å². The fourth-order valence-corrected chi connectivity index (χ4v) is 2.84. The molecule has 0 aliphatic carbocycles. The smallest absolute Gasteiger partial charge is 0.225 e. The third-order valence-corrected chi connectivity index (χ3v) is 3.76. The van der Waals surface area contributed by atoms with E-state index in [1.807, 2.05) is 30.9 Å². The maximum absolute atomic E-state index is 12.1. The first-order valence-electron chi connectivity index (χ1n) is 6.15. The second-order valence-corrected chi connectivity index (χ2v) is 5.82. The third kappa shape index (κ3) is 2.71. The Morgan fingerprint density at radius 3 is 2.88 bits per heavy atom. The predicted molar refractivity (Wildman–Crippen MR) is 72.7 cm³/mol. The Morgan fingerprint density at radius 2 is 2.24 bits per heavy atom. The van der Waals surface area contributed by atoms with E-state index in [0.717, 1.165) is 23.9 Å². The van der Waals surface area contributed by atoms with Gasteiger partial charge in [-0.2, -0.15) is 0 Å². The quantitative estimate of drug-likeness (QED) is 0.813. The lowest BCUT2D eigenvalue weighted by Gasteiger charge is -2.27. The maximum Gasteiger partial charge on any atom is 0.225 e. The zero-order chi connectivity index (χ0) is 12.4. The summed E-state index contributed by atoms with van der Waals surface area (Å²) in [6.07, 6.45) is 2.19. The summed E-state index contributed by atoms with van der Waals surface area (Å²) in [5.74, 6) is 0.357. The molecule has 1 aromatic carbocycles. The highest BCUT2D eigenvalue weighted by Crippen LogP contribution is 2.33. The number of likely N-dealkylation sites (tertiary alicyclic amines) is 1. The van der Waals surface area contributed by atoms with Gasteiger partial charge in [0.05, 0.1) is 6.04 Å². The van der Waals surface area contributed by atoms with Gasteiger partial charge in [-0.15, -0.1) is 0 Å². The van der Waals surface area contributed by atoms with Crippen molar-refractivity contribution in [3.05, 3.63) is 34.3 Å². The van der Waals surface area contributed by atoms with Crippen molar-refractivity contribution >= 4 is 21.8 Å². The van der Waals surface area contributed by atoms with E-state index in [-0.39, 0.29) is 17.9 Å². The van der Waals surface area contributed by atoms with Gasteiger partial charge in [0.2, 0.25) is 5.91 Å². The van der Waals surface area contributed by atoms with Gasteiger partial charge in [0.15, 0.2) is 0 Å². The highest BCUT2D eigenvalue weighted by atomic mass is 79.9. The van der Waals surface area contributed by atoms with Crippen LogP contribution in [0.3, 0.4) is 0 Å². The van der Waals surface area contributed by atoms with Crippen LogP contribution in [0.4, 0.5) is 0 Å². The molecule has 1 unspecified atom stereocenters. The Bertz CT molecular complexity index is 416. The Morgan fingerprint density at radius 1 is 1.47 bits per heavy atom. The topological polar surface area (TPSA) is 20.3 Å². The van der Waals surface area contributed by atoms with Crippen LogP contribution in [0.1, 0.15) is 38.3 Å². The van der Waals surface area contributed by atoms with E-state index in [2.05, 4.69) is 28.1 Å². The van der Waals surface area contributed by atoms with Crippen LogP contribution in [0.2, 0.25) is 0 Å². The minimum Gasteiger partial charge on any atom is -0.335 e. The maximum atomic E-state index is 12.1. The van der Waals surface area contributed by atoms with E-state index in [9.17, 15) is 4.79 Å². The van der Waals surface area contributed by atoms with Gasteiger partial charge < -0.3 is 4.90 Å². The van der Waals surface area contributed by atoms with Crippen LogP contribution in [0.5, 0.6) is 0 Å². The molecule has 3 heteroatoms. The molecule has 0 radical (unpaired) electrons. The van der Waals surface area contributed by atoms with Crippen molar-refractivity contribution in [1.82, 2.24) is 4.90 Å². The number of nitrogens with zero attached hydrogens (tertiary/aromatic N) is 1. The van der Waals surface area contributed by atoms with Gasteiger partial charge in [0.1, 0.15) is 0 Å². The number of benzene rings is 1. The monoisotopic (exact) mass is 295 g/mol. The Hall–Kier alpha value is -0.830. The molecule has 92 valence electrons. The molecular formula is C14H18BrNO. The van der Waals surface area contributed by atoms with Crippen molar-refractivity contribution in [3.63, 3.8) is 0 Å². The van der Waals surface area contributed by atoms with E-state index < -0.39 is 0 Å². The summed E-state index contributed by atoms with van der Waals surface area (Å²) in [6, 6.07) is 8.56. The van der Waals surface area contributed by atoms with Crippen molar-refractivity contribution in [3.8, 4) is 0 Å². The van der Waals surface area contributed by atoms with Crippen LogP contribution in [-0.4, -0.2) is 17.4 Å². The number of hydrogen-bond acceptors (Lipinski definition) is 1. The number of rotatable bonds is 2. The van der Waals surface area contributed by atoms with Crippen LogP contribution >= 0.6 is 15.9 Å². The molecule has 1 saturated heterocycles. The average Bonchev–Trinajstić information content (AvgIpc) is 2.76. The zero-order valence-electron chi connectivity index (χ0n) is 10.3. The van der Waals surface area contributed by atoms with Gasteiger partial charge in [-0.1, -0.05) is 41.9 Å². The molecule has 0 bridgehead atoms. The lowest BCUT2D eigenvalue weighted by atomic mass is 10.0.